The first-order chi connectivity index (χ1) is 14.2. The summed E-state index contributed by atoms with van der Waals surface area (Å²) < 4.78 is 0. The normalized spacial score (nSPS) is 11.1. The second kappa shape index (κ2) is 8.21. The van der Waals surface area contributed by atoms with Crippen molar-refractivity contribution in [1.29, 1.82) is 5.26 Å². The number of benzene rings is 1. The van der Waals surface area contributed by atoms with Crippen LogP contribution in [0.2, 0.25) is 0 Å². The lowest BCUT2D eigenvalue weighted by Crippen LogP contribution is -2.29. The summed E-state index contributed by atoms with van der Waals surface area (Å²) in [5.74, 6) is -0.828. The van der Waals surface area contributed by atoms with E-state index >= 15 is 0 Å². The summed E-state index contributed by atoms with van der Waals surface area (Å²) in [6.45, 7) is 5.26. The van der Waals surface area contributed by atoms with E-state index in [1.165, 1.54) is 6.20 Å². The number of rotatable bonds is 5. The third kappa shape index (κ3) is 4.72. The Morgan fingerprint density at radius 1 is 1.13 bits per heavy atom. The lowest BCUT2D eigenvalue weighted by Gasteiger charge is -2.16. The van der Waals surface area contributed by atoms with Gasteiger partial charge < -0.3 is 0 Å². The molecule has 2 aromatic heterocycles. The second-order valence-electron chi connectivity index (χ2n) is 7.79. The van der Waals surface area contributed by atoms with E-state index in [9.17, 15) is 14.4 Å². The number of aryl methyl sites for hydroxylation is 2. The molecule has 0 radical (unpaired) electrons. The molecule has 0 saturated carbocycles. The van der Waals surface area contributed by atoms with Crippen LogP contribution >= 0.6 is 0 Å². The molecule has 9 nitrogen and oxygen atoms in total. The molecule has 0 aliphatic carbocycles. The fourth-order valence-electron chi connectivity index (χ4n) is 2.59. The maximum atomic E-state index is 12.4. The summed E-state index contributed by atoms with van der Waals surface area (Å²) in [6.07, 6.45) is 2.68. The van der Waals surface area contributed by atoms with Gasteiger partial charge in [-0.05, 0) is 18.4 Å². The minimum absolute atomic E-state index is 0.0291. The molecule has 0 saturated heterocycles. The van der Waals surface area contributed by atoms with Crippen molar-refractivity contribution in [3.8, 4) is 6.07 Å². The minimum Gasteiger partial charge on any atom is -0.296 e. The lowest BCUT2D eigenvalue weighted by molar-refractivity contribution is -0.123. The van der Waals surface area contributed by atoms with Crippen molar-refractivity contribution in [2.75, 3.05) is 5.32 Å². The third-order valence-electron chi connectivity index (χ3n) is 4.37. The highest BCUT2D eigenvalue weighted by Crippen LogP contribution is 2.16. The molecule has 0 spiro atoms. The topological polar surface area (TPSA) is 141 Å². The van der Waals surface area contributed by atoms with Gasteiger partial charge in [0.05, 0.1) is 11.9 Å². The van der Waals surface area contributed by atoms with Crippen molar-refractivity contribution in [2.45, 2.75) is 33.6 Å². The van der Waals surface area contributed by atoms with Crippen molar-refractivity contribution < 1.29 is 9.59 Å². The summed E-state index contributed by atoms with van der Waals surface area (Å²) in [5.41, 5.74) is 1.03. The first-order valence-corrected chi connectivity index (χ1v) is 9.28. The van der Waals surface area contributed by atoms with Gasteiger partial charge in [0.2, 0.25) is 11.9 Å². The van der Waals surface area contributed by atoms with Gasteiger partial charge in [-0.15, -0.1) is 0 Å². The van der Waals surface area contributed by atoms with Crippen LogP contribution in [0.25, 0.3) is 11.2 Å². The zero-order chi connectivity index (χ0) is 21.9. The van der Waals surface area contributed by atoms with Crippen LogP contribution in [0.1, 0.15) is 42.4 Å². The standard InChI is InChI=1S/C21H20N6O3/c1-21(2,3)19(30)27-20-25-17-16(18(29)26-20)24-14(11-23-17)9-6-12-4-7-13(8-5-12)15(28)10-22/h4-5,7-8,11H,6,9H2,1-3H3,(H2,23,25,26,27,29,30). The number of Topliss-reactive ketones (excluding diaryl/α,β-unsaturated/α-hetero) is 1. The van der Waals surface area contributed by atoms with Crippen LogP contribution in [0, 0.1) is 16.7 Å². The van der Waals surface area contributed by atoms with Gasteiger partial charge in [-0.25, -0.2) is 9.97 Å². The van der Waals surface area contributed by atoms with Gasteiger partial charge in [0.1, 0.15) is 6.07 Å². The molecule has 0 atom stereocenters. The number of H-pyrrole nitrogens is 1. The lowest BCUT2D eigenvalue weighted by atomic mass is 9.96. The molecule has 9 heteroatoms. The Morgan fingerprint density at radius 3 is 2.47 bits per heavy atom. The van der Waals surface area contributed by atoms with Crippen molar-refractivity contribution in [1.82, 2.24) is 19.9 Å². The predicted molar refractivity (Wildman–Crippen MR) is 110 cm³/mol. The van der Waals surface area contributed by atoms with Crippen LogP contribution in [-0.2, 0) is 17.6 Å². The molecule has 3 rings (SSSR count). The summed E-state index contributed by atoms with van der Waals surface area (Å²) in [4.78, 5) is 51.0. The molecule has 0 aliphatic heterocycles. The second-order valence-corrected chi connectivity index (χ2v) is 7.79. The van der Waals surface area contributed by atoms with Gasteiger partial charge in [-0.1, -0.05) is 45.0 Å². The zero-order valence-corrected chi connectivity index (χ0v) is 16.8. The maximum Gasteiger partial charge on any atom is 0.280 e. The van der Waals surface area contributed by atoms with Crippen molar-refractivity contribution in [2.24, 2.45) is 5.41 Å². The number of carbonyl (C=O) groups is 2. The number of nitrogens with one attached hydrogen (secondary N) is 2. The fourth-order valence-corrected chi connectivity index (χ4v) is 2.59. The Kier molecular flexibility index (Phi) is 5.69. The van der Waals surface area contributed by atoms with E-state index in [0.29, 0.717) is 24.1 Å². The van der Waals surface area contributed by atoms with Gasteiger partial charge >= 0.3 is 0 Å². The van der Waals surface area contributed by atoms with Crippen LogP contribution in [-0.4, -0.2) is 31.6 Å². The van der Waals surface area contributed by atoms with E-state index in [0.717, 1.165) is 5.56 Å². The van der Waals surface area contributed by atoms with Gasteiger partial charge in [0.15, 0.2) is 11.2 Å². The molecular formula is C21H20N6O3. The first kappa shape index (κ1) is 20.8. The van der Waals surface area contributed by atoms with E-state index in [1.807, 2.05) is 0 Å². The molecule has 30 heavy (non-hydrogen) atoms. The Morgan fingerprint density at radius 2 is 1.83 bits per heavy atom. The Balaban J connectivity index is 1.75. The van der Waals surface area contributed by atoms with E-state index in [2.05, 4.69) is 25.3 Å². The molecule has 152 valence electrons. The molecule has 0 bridgehead atoms. The SMILES string of the molecule is CC(C)(C)C(=O)Nc1nc2ncc(CCc3ccc(C(=O)C#N)cc3)nc2c(=O)[nH]1. The number of hydrogen-bond donors (Lipinski definition) is 2. The zero-order valence-electron chi connectivity index (χ0n) is 16.8. The van der Waals surface area contributed by atoms with E-state index < -0.39 is 16.8 Å². The minimum atomic E-state index is -0.636. The van der Waals surface area contributed by atoms with Crippen LogP contribution < -0.4 is 10.9 Å². The molecule has 1 amide bonds. The molecule has 0 unspecified atom stereocenters. The summed E-state index contributed by atoms with van der Waals surface area (Å²) >= 11 is 0. The van der Waals surface area contributed by atoms with Crippen LogP contribution in [0.5, 0.6) is 0 Å². The molecule has 2 N–H and O–H groups in total. The first-order valence-electron chi connectivity index (χ1n) is 9.28. The average Bonchev–Trinajstić information content (AvgIpc) is 2.71. The van der Waals surface area contributed by atoms with E-state index in [1.54, 1.807) is 51.1 Å². The van der Waals surface area contributed by atoms with Crippen molar-refractivity contribution >= 4 is 28.8 Å². The van der Waals surface area contributed by atoms with Crippen molar-refractivity contribution in [3.63, 3.8) is 0 Å². The highest BCUT2D eigenvalue weighted by atomic mass is 16.2. The number of aromatic amines is 1. The van der Waals surface area contributed by atoms with Gasteiger partial charge in [0.25, 0.3) is 11.3 Å². The van der Waals surface area contributed by atoms with E-state index in [-0.39, 0.29) is 23.0 Å². The third-order valence-corrected chi connectivity index (χ3v) is 4.37. The quantitative estimate of drug-likeness (QED) is 0.490. The van der Waals surface area contributed by atoms with Crippen LogP contribution in [0.3, 0.4) is 0 Å². The van der Waals surface area contributed by atoms with E-state index in [4.69, 9.17) is 5.26 Å². The highest BCUT2D eigenvalue weighted by molar-refractivity contribution is 6.07. The van der Waals surface area contributed by atoms with Gasteiger partial charge in [-0.2, -0.15) is 10.2 Å². The molecular weight excluding hydrogens is 384 g/mol. The number of nitrogens with zero attached hydrogens (tertiary/aromatic N) is 4. The fraction of sp³-hybridized carbons (Fsp3) is 0.286. The van der Waals surface area contributed by atoms with Gasteiger partial charge in [0, 0.05) is 11.0 Å². The van der Waals surface area contributed by atoms with Crippen molar-refractivity contribution in [3.05, 3.63) is 57.6 Å². The number of nitriles is 1. The number of fused-ring (bicyclic) bond motifs is 1. The highest BCUT2D eigenvalue weighted by Gasteiger charge is 2.22. The average molecular weight is 404 g/mol. The number of ketones is 1. The molecule has 3 aromatic rings. The van der Waals surface area contributed by atoms with Gasteiger partial charge in [-0.3, -0.25) is 24.7 Å². The summed E-state index contributed by atoms with van der Waals surface area (Å²) in [5, 5.41) is 11.2. The number of amides is 1. The monoisotopic (exact) mass is 404 g/mol. The summed E-state index contributed by atoms with van der Waals surface area (Å²) in [7, 11) is 0. The number of aromatic nitrogens is 4. The number of hydrogen-bond acceptors (Lipinski definition) is 7. The molecule has 0 fully saturated rings. The number of anilines is 1. The molecule has 0 aliphatic rings. The summed E-state index contributed by atoms with van der Waals surface area (Å²) in [6, 6.07) is 8.35. The molecule has 1 aromatic carbocycles. The Hall–Kier alpha value is -3.93. The largest absolute Gasteiger partial charge is 0.296 e. The maximum absolute atomic E-state index is 12.4. The predicted octanol–water partition coefficient (Wildman–Crippen LogP) is 2.19. The van der Waals surface area contributed by atoms with Crippen LogP contribution in [0.15, 0.2) is 35.3 Å². The molecule has 2 heterocycles. The Labute approximate surface area is 172 Å². The number of carbonyl (C=O) groups excluding carboxylic acids is 2. The smallest absolute Gasteiger partial charge is 0.280 e. The van der Waals surface area contributed by atoms with Crippen LogP contribution in [0.4, 0.5) is 5.95 Å². The Bertz CT molecular complexity index is 1220.